The Bertz CT molecular complexity index is 365. The van der Waals surface area contributed by atoms with Crippen molar-refractivity contribution in [2.24, 2.45) is 0 Å². The highest BCUT2D eigenvalue weighted by atomic mass is 16.5. The Morgan fingerprint density at radius 3 is 3.18 bits per heavy atom. The van der Waals surface area contributed by atoms with Gasteiger partial charge >= 0.3 is 0 Å². The minimum atomic E-state index is 0.402. The number of nitrogens with one attached hydrogen (secondary N) is 1. The first-order valence-electron chi connectivity index (χ1n) is 6.44. The summed E-state index contributed by atoms with van der Waals surface area (Å²) in [6.45, 7) is 4.60. The van der Waals surface area contributed by atoms with E-state index in [1.807, 2.05) is 13.0 Å². The van der Waals surface area contributed by atoms with Crippen LogP contribution in [0.5, 0.6) is 5.75 Å². The third-order valence-corrected chi connectivity index (χ3v) is 3.31. The lowest BCUT2D eigenvalue weighted by molar-refractivity contribution is 0.144. The van der Waals surface area contributed by atoms with Gasteiger partial charge in [0, 0.05) is 19.3 Å². The summed E-state index contributed by atoms with van der Waals surface area (Å²) in [7, 11) is 0. The van der Waals surface area contributed by atoms with E-state index < -0.39 is 0 Å². The normalized spacial score (nSPS) is 18.3. The summed E-state index contributed by atoms with van der Waals surface area (Å²) in [5.41, 5.74) is 2.39. The molecule has 0 saturated heterocycles. The van der Waals surface area contributed by atoms with E-state index in [9.17, 15) is 5.11 Å². The van der Waals surface area contributed by atoms with Gasteiger partial charge in [0.05, 0.1) is 0 Å². The van der Waals surface area contributed by atoms with Crippen molar-refractivity contribution in [3.63, 3.8) is 0 Å². The first-order valence-corrected chi connectivity index (χ1v) is 6.44. The molecular weight excluding hydrogens is 214 g/mol. The summed E-state index contributed by atoms with van der Waals surface area (Å²) in [4.78, 5) is 0. The molecule has 0 amide bonds. The van der Waals surface area contributed by atoms with Gasteiger partial charge in [0.25, 0.3) is 0 Å². The minimum Gasteiger partial charge on any atom is -0.508 e. The van der Waals surface area contributed by atoms with Crippen LogP contribution in [0.15, 0.2) is 18.2 Å². The highest BCUT2D eigenvalue weighted by molar-refractivity contribution is 5.44. The lowest BCUT2D eigenvalue weighted by Gasteiger charge is -2.14. The number of rotatable bonds is 6. The van der Waals surface area contributed by atoms with Crippen LogP contribution in [-0.2, 0) is 11.2 Å². The summed E-state index contributed by atoms with van der Waals surface area (Å²) in [5, 5.41) is 13.3. The lowest BCUT2D eigenvalue weighted by Crippen LogP contribution is -2.21. The average molecular weight is 235 g/mol. The molecule has 0 aromatic heterocycles. The monoisotopic (exact) mass is 235 g/mol. The molecule has 0 aliphatic heterocycles. The molecule has 2 N–H and O–H groups in total. The van der Waals surface area contributed by atoms with Gasteiger partial charge in [-0.05, 0) is 49.9 Å². The molecule has 1 aliphatic carbocycles. The topological polar surface area (TPSA) is 41.5 Å². The molecule has 0 fully saturated rings. The number of hydrogen-bond donors (Lipinski definition) is 2. The number of hydrogen-bond acceptors (Lipinski definition) is 3. The number of aromatic hydroxyl groups is 1. The van der Waals surface area contributed by atoms with Crippen molar-refractivity contribution in [2.45, 2.75) is 32.2 Å². The number of ether oxygens (including phenoxy) is 1. The molecule has 1 aromatic rings. The van der Waals surface area contributed by atoms with Gasteiger partial charge in [-0.3, -0.25) is 0 Å². The summed E-state index contributed by atoms with van der Waals surface area (Å²) in [6, 6.07) is 6.21. The first-order chi connectivity index (χ1) is 8.33. The van der Waals surface area contributed by atoms with E-state index >= 15 is 0 Å². The van der Waals surface area contributed by atoms with Crippen molar-refractivity contribution in [3.8, 4) is 5.75 Å². The molecular formula is C14H21NO2. The van der Waals surface area contributed by atoms with Crippen LogP contribution >= 0.6 is 0 Å². The smallest absolute Gasteiger partial charge is 0.119 e. The quantitative estimate of drug-likeness (QED) is 0.744. The van der Waals surface area contributed by atoms with E-state index in [4.69, 9.17) is 4.74 Å². The van der Waals surface area contributed by atoms with Crippen molar-refractivity contribution < 1.29 is 9.84 Å². The van der Waals surface area contributed by atoms with Crippen molar-refractivity contribution in [1.29, 1.82) is 0 Å². The maximum absolute atomic E-state index is 9.74. The Kier molecular flexibility index (Phi) is 4.40. The van der Waals surface area contributed by atoms with E-state index in [1.165, 1.54) is 5.56 Å². The number of fused-ring (bicyclic) bond motifs is 1. The van der Waals surface area contributed by atoms with E-state index in [0.717, 1.165) is 44.6 Å². The fraction of sp³-hybridized carbons (Fsp3) is 0.571. The second kappa shape index (κ2) is 6.03. The van der Waals surface area contributed by atoms with Crippen LogP contribution in [-0.4, -0.2) is 24.9 Å². The fourth-order valence-corrected chi connectivity index (χ4v) is 2.44. The third-order valence-electron chi connectivity index (χ3n) is 3.31. The van der Waals surface area contributed by atoms with Crippen LogP contribution in [0.2, 0.25) is 0 Å². The standard InChI is InChI=1S/C14H21NO2/c1-2-17-10-4-9-15-13-8-7-12-11(13)5-3-6-14(12)16/h3,5-6,13,15-16H,2,4,7-10H2,1H3. The number of phenols is 1. The van der Waals surface area contributed by atoms with Crippen molar-refractivity contribution >= 4 is 0 Å². The van der Waals surface area contributed by atoms with E-state index in [1.54, 1.807) is 6.07 Å². The Balaban J connectivity index is 1.83. The lowest BCUT2D eigenvalue weighted by atomic mass is 10.1. The second-order valence-corrected chi connectivity index (χ2v) is 4.44. The maximum Gasteiger partial charge on any atom is 0.119 e. The predicted octanol–water partition coefficient (Wildman–Crippen LogP) is 2.40. The van der Waals surface area contributed by atoms with Gasteiger partial charge in [0.1, 0.15) is 5.75 Å². The third kappa shape index (κ3) is 2.99. The van der Waals surface area contributed by atoms with Crippen LogP contribution < -0.4 is 5.32 Å². The summed E-state index contributed by atoms with van der Waals surface area (Å²) in [5.74, 6) is 0.445. The first kappa shape index (κ1) is 12.4. The summed E-state index contributed by atoms with van der Waals surface area (Å²) in [6.07, 6.45) is 3.10. The van der Waals surface area contributed by atoms with Crippen LogP contribution in [0.1, 0.15) is 36.9 Å². The van der Waals surface area contributed by atoms with Gasteiger partial charge in [0.15, 0.2) is 0 Å². The average Bonchev–Trinajstić information content (AvgIpc) is 2.74. The van der Waals surface area contributed by atoms with E-state index in [2.05, 4.69) is 11.4 Å². The number of benzene rings is 1. The molecule has 0 bridgehead atoms. The molecule has 1 unspecified atom stereocenters. The molecule has 1 aromatic carbocycles. The Hall–Kier alpha value is -1.06. The van der Waals surface area contributed by atoms with Gasteiger partial charge in [0.2, 0.25) is 0 Å². The molecule has 17 heavy (non-hydrogen) atoms. The Labute approximate surface area is 103 Å². The molecule has 2 rings (SSSR count). The predicted molar refractivity (Wildman–Crippen MR) is 68.3 cm³/mol. The van der Waals surface area contributed by atoms with E-state index in [-0.39, 0.29) is 0 Å². The van der Waals surface area contributed by atoms with E-state index in [0.29, 0.717) is 11.8 Å². The Morgan fingerprint density at radius 2 is 2.35 bits per heavy atom. The van der Waals surface area contributed by atoms with Gasteiger partial charge in [-0.25, -0.2) is 0 Å². The highest BCUT2D eigenvalue weighted by Gasteiger charge is 2.23. The minimum absolute atomic E-state index is 0.402. The molecule has 3 heteroatoms. The molecule has 0 saturated carbocycles. The Morgan fingerprint density at radius 1 is 1.47 bits per heavy atom. The van der Waals surface area contributed by atoms with Crippen LogP contribution in [0.25, 0.3) is 0 Å². The largest absolute Gasteiger partial charge is 0.508 e. The zero-order valence-corrected chi connectivity index (χ0v) is 10.4. The van der Waals surface area contributed by atoms with Gasteiger partial charge in [-0.2, -0.15) is 0 Å². The molecule has 0 radical (unpaired) electrons. The van der Waals surface area contributed by atoms with Crippen molar-refractivity contribution in [3.05, 3.63) is 29.3 Å². The molecule has 1 atom stereocenters. The summed E-state index contributed by atoms with van der Waals surface area (Å²) < 4.78 is 5.31. The SMILES string of the molecule is CCOCCCNC1CCc2c(O)cccc21. The molecule has 1 aliphatic rings. The van der Waals surface area contributed by atoms with Crippen molar-refractivity contribution in [1.82, 2.24) is 5.32 Å². The zero-order valence-electron chi connectivity index (χ0n) is 10.4. The van der Waals surface area contributed by atoms with Crippen molar-refractivity contribution in [2.75, 3.05) is 19.8 Å². The zero-order chi connectivity index (χ0) is 12.1. The number of phenolic OH excluding ortho intramolecular Hbond substituents is 1. The molecule has 0 spiro atoms. The highest BCUT2D eigenvalue weighted by Crippen LogP contribution is 2.35. The van der Waals surface area contributed by atoms with Gasteiger partial charge in [-0.1, -0.05) is 12.1 Å². The molecule has 3 nitrogen and oxygen atoms in total. The maximum atomic E-state index is 9.74. The summed E-state index contributed by atoms with van der Waals surface area (Å²) >= 11 is 0. The van der Waals surface area contributed by atoms with Gasteiger partial charge < -0.3 is 15.2 Å². The van der Waals surface area contributed by atoms with Crippen LogP contribution in [0, 0.1) is 0 Å². The van der Waals surface area contributed by atoms with Crippen LogP contribution in [0.3, 0.4) is 0 Å². The fourth-order valence-electron chi connectivity index (χ4n) is 2.44. The van der Waals surface area contributed by atoms with Gasteiger partial charge in [-0.15, -0.1) is 0 Å². The molecule has 94 valence electrons. The second-order valence-electron chi connectivity index (χ2n) is 4.44. The van der Waals surface area contributed by atoms with Crippen LogP contribution in [0.4, 0.5) is 0 Å². The molecule has 0 heterocycles.